The van der Waals surface area contributed by atoms with Gasteiger partial charge in [-0.05, 0) is 25.7 Å². The molecule has 1 saturated carbocycles. The fraction of sp³-hybridized carbons (Fsp3) is 0.765. The lowest BCUT2D eigenvalue weighted by Gasteiger charge is -2.29. The van der Waals surface area contributed by atoms with E-state index in [2.05, 4.69) is 23.9 Å². The topological polar surface area (TPSA) is 46.3 Å². The van der Waals surface area contributed by atoms with Crippen molar-refractivity contribution in [1.82, 2.24) is 10.1 Å². The van der Waals surface area contributed by atoms with Crippen molar-refractivity contribution in [3.05, 3.63) is 17.5 Å². The van der Waals surface area contributed by atoms with Crippen LogP contribution in [-0.4, -0.2) is 22.5 Å². The van der Waals surface area contributed by atoms with Gasteiger partial charge in [-0.2, -0.15) is 0 Å². The molecule has 1 aliphatic heterocycles. The van der Waals surface area contributed by atoms with Gasteiger partial charge in [-0.25, -0.2) is 0 Å². The largest absolute Gasteiger partial charge is 0.361 e. The Morgan fingerprint density at radius 1 is 1.24 bits per heavy atom. The lowest BCUT2D eigenvalue weighted by Crippen LogP contribution is -2.36. The first-order valence-electron chi connectivity index (χ1n) is 8.44. The van der Waals surface area contributed by atoms with Gasteiger partial charge in [0.05, 0.1) is 6.04 Å². The van der Waals surface area contributed by atoms with Crippen molar-refractivity contribution in [3.63, 3.8) is 0 Å². The normalized spacial score (nSPS) is 24.0. The quantitative estimate of drug-likeness (QED) is 0.844. The third-order valence-corrected chi connectivity index (χ3v) is 4.95. The van der Waals surface area contributed by atoms with Crippen LogP contribution >= 0.6 is 0 Å². The van der Waals surface area contributed by atoms with Crippen LogP contribution in [0.3, 0.4) is 0 Å². The van der Waals surface area contributed by atoms with E-state index in [-0.39, 0.29) is 12.0 Å². The number of rotatable bonds is 3. The number of likely N-dealkylation sites (tertiary alicyclic amines) is 1. The molecule has 0 unspecified atom stereocenters. The van der Waals surface area contributed by atoms with Gasteiger partial charge in [0.2, 0.25) is 5.91 Å². The first kappa shape index (κ1) is 14.6. The molecule has 1 amide bonds. The standard InChI is InChI=1S/C17H26N2O2/c1-12(2)16-11-14(18-21-16)15-9-6-10-19(15)17(20)13-7-4-3-5-8-13/h11-13,15H,3-10H2,1-2H3/t15-/m0/s1. The fourth-order valence-electron chi connectivity index (χ4n) is 3.66. The number of hydrogen-bond donors (Lipinski definition) is 0. The predicted molar refractivity (Wildman–Crippen MR) is 80.9 cm³/mol. The molecule has 1 atom stereocenters. The second-order valence-corrected chi connectivity index (χ2v) is 6.83. The third-order valence-electron chi connectivity index (χ3n) is 4.95. The Bertz CT molecular complexity index is 489. The maximum Gasteiger partial charge on any atom is 0.226 e. The summed E-state index contributed by atoms with van der Waals surface area (Å²) in [4.78, 5) is 14.9. The lowest BCUT2D eigenvalue weighted by molar-refractivity contribution is -0.137. The molecule has 4 nitrogen and oxygen atoms in total. The van der Waals surface area contributed by atoms with Gasteiger partial charge in [-0.3, -0.25) is 4.79 Å². The van der Waals surface area contributed by atoms with E-state index in [1.165, 1.54) is 19.3 Å². The van der Waals surface area contributed by atoms with Crippen LogP contribution in [0.2, 0.25) is 0 Å². The molecule has 0 bridgehead atoms. The molecule has 2 fully saturated rings. The summed E-state index contributed by atoms with van der Waals surface area (Å²) < 4.78 is 5.42. The first-order chi connectivity index (χ1) is 10.2. The first-order valence-corrected chi connectivity index (χ1v) is 8.44. The Balaban J connectivity index is 1.73. The van der Waals surface area contributed by atoms with Crippen LogP contribution in [0.25, 0.3) is 0 Å². The summed E-state index contributed by atoms with van der Waals surface area (Å²) in [5.74, 6) is 1.86. The molecule has 2 heterocycles. The van der Waals surface area contributed by atoms with Gasteiger partial charge < -0.3 is 9.42 Å². The number of carbonyl (C=O) groups is 1. The molecular weight excluding hydrogens is 264 g/mol. The van der Waals surface area contributed by atoms with Crippen molar-refractivity contribution in [3.8, 4) is 0 Å². The van der Waals surface area contributed by atoms with Crippen LogP contribution in [0.5, 0.6) is 0 Å². The van der Waals surface area contributed by atoms with Crippen LogP contribution in [0, 0.1) is 5.92 Å². The van der Waals surface area contributed by atoms with Gasteiger partial charge in [0.15, 0.2) is 0 Å². The molecule has 0 spiro atoms. The lowest BCUT2D eigenvalue weighted by atomic mass is 9.88. The van der Waals surface area contributed by atoms with Crippen LogP contribution in [0.1, 0.15) is 82.2 Å². The van der Waals surface area contributed by atoms with Gasteiger partial charge >= 0.3 is 0 Å². The minimum atomic E-state index is 0.135. The van der Waals surface area contributed by atoms with E-state index >= 15 is 0 Å². The smallest absolute Gasteiger partial charge is 0.226 e. The van der Waals surface area contributed by atoms with E-state index in [1.807, 2.05) is 6.07 Å². The molecule has 0 radical (unpaired) electrons. The highest BCUT2D eigenvalue weighted by atomic mass is 16.5. The minimum Gasteiger partial charge on any atom is -0.361 e. The molecule has 21 heavy (non-hydrogen) atoms. The number of nitrogens with zero attached hydrogens (tertiary/aromatic N) is 2. The molecule has 3 rings (SSSR count). The maximum atomic E-state index is 12.8. The van der Waals surface area contributed by atoms with Crippen molar-refractivity contribution < 1.29 is 9.32 Å². The molecule has 4 heteroatoms. The van der Waals surface area contributed by atoms with E-state index in [1.54, 1.807) is 0 Å². The Labute approximate surface area is 126 Å². The highest BCUT2D eigenvalue weighted by Gasteiger charge is 2.35. The van der Waals surface area contributed by atoms with Crippen molar-refractivity contribution in [1.29, 1.82) is 0 Å². The molecule has 1 aromatic heterocycles. The summed E-state index contributed by atoms with van der Waals surface area (Å²) in [6, 6.07) is 2.18. The van der Waals surface area contributed by atoms with Gasteiger partial charge in [0, 0.05) is 24.4 Å². The zero-order valence-electron chi connectivity index (χ0n) is 13.2. The number of amides is 1. The molecule has 116 valence electrons. The average Bonchev–Trinajstić information content (AvgIpc) is 3.16. The zero-order valence-corrected chi connectivity index (χ0v) is 13.2. The van der Waals surface area contributed by atoms with E-state index in [9.17, 15) is 4.79 Å². The van der Waals surface area contributed by atoms with Crippen molar-refractivity contribution in [2.75, 3.05) is 6.54 Å². The van der Waals surface area contributed by atoms with Crippen molar-refractivity contribution in [2.45, 2.75) is 70.8 Å². The summed E-state index contributed by atoms with van der Waals surface area (Å²) in [6.45, 7) is 5.08. The zero-order chi connectivity index (χ0) is 14.8. The highest BCUT2D eigenvalue weighted by Crippen LogP contribution is 2.36. The van der Waals surface area contributed by atoms with E-state index in [0.717, 1.165) is 43.7 Å². The van der Waals surface area contributed by atoms with E-state index in [4.69, 9.17) is 4.52 Å². The van der Waals surface area contributed by atoms with Crippen LogP contribution < -0.4 is 0 Å². The number of hydrogen-bond acceptors (Lipinski definition) is 3. The fourth-order valence-corrected chi connectivity index (χ4v) is 3.66. The monoisotopic (exact) mass is 290 g/mol. The van der Waals surface area contributed by atoms with Crippen LogP contribution in [-0.2, 0) is 4.79 Å². The van der Waals surface area contributed by atoms with Gasteiger partial charge in [-0.1, -0.05) is 38.3 Å². The minimum absolute atomic E-state index is 0.135. The van der Waals surface area contributed by atoms with Gasteiger partial charge in [0.25, 0.3) is 0 Å². The van der Waals surface area contributed by atoms with Gasteiger partial charge in [0.1, 0.15) is 11.5 Å². The van der Waals surface area contributed by atoms with Crippen LogP contribution in [0.4, 0.5) is 0 Å². The molecular formula is C17H26N2O2. The third kappa shape index (κ3) is 2.99. The highest BCUT2D eigenvalue weighted by molar-refractivity contribution is 5.79. The van der Waals surface area contributed by atoms with E-state index < -0.39 is 0 Å². The second kappa shape index (κ2) is 6.20. The summed E-state index contributed by atoms with van der Waals surface area (Å²) >= 11 is 0. The van der Waals surface area contributed by atoms with Crippen LogP contribution in [0.15, 0.2) is 10.6 Å². The summed E-state index contributed by atoms with van der Waals surface area (Å²) in [5, 5.41) is 4.23. The summed E-state index contributed by atoms with van der Waals surface area (Å²) in [5.41, 5.74) is 0.945. The number of carbonyl (C=O) groups excluding carboxylic acids is 1. The molecule has 0 aromatic carbocycles. The molecule has 0 N–H and O–H groups in total. The molecule has 1 saturated heterocycles. The maximum absolute atomic E-state index is 12.8. The average molecular weight is 290 g/mol. The Morgan fingerprint density at radius 2 is 2.00 bits per heavy atom. The Morgan fingerprint density at radius 3 is 2.67 bits per heavy atom. The Hall–Kier alpha value is -1.32. The SMILES string of the molecule is CC(C)c1cc([C@@H]2CCCN2C(=O)C2CCCCC2)no1. The van der Waals surface area contributed by atoms with Gasteiger partial charge in [-0.15, -0.1) is 0 Å². The number of aromatic nitrogens is 1. The summed E-state index contributed by atoms with van der Waals surface area (Å²) in [6.07, 6.45) is 7.92. The Kier molecular flexibility index (Phi) is 4.32. The predicted octanol–water partition coefficient (Wildman–Crippen LogP) is 4.04. The van der Waals surface area contributed by atoms with Crippen molar-refractivity contribution in [2.24, 2.45) is 5.92 Å². The van der Waals surface area contributed by atoms with Crippen molar-refractivity contribution >= 4 is 5.91 Å². The molecule has 1 aliphatic carbocycles. The molecule has 1 aromatic rings. The second-order valence-electron chi connectivity index (χ2n) is 6.83. The molecule has 2 aliphatic rings. The summed E-state index contributed by atoms with van der Waals surface area (Å²) in [7, 11) is 0. The van der Waals surface area contributed by atoms with E-state index in [0.29, 0.717) is 11.8 Å².